The van der Waals surface area contributed by atoms with Crippen LogP contribution in [0.2, 0.25) is 0 Å². The summed E-state index contributed by atoms with van der Waals surface area (Å²) < 4.78 is 0. The van der Waals surface area contributed by atoms with Gasteiger partial charge >= 0.3 is 5.69 Å². The van der Waals surface area contributed by atoms with E-state index in [4.69, 9.17) is 5.11 Å². The summed E-state index contributed by atoms with van der Waals surface area (Å²) >= 11 is 0. The Morgan fingerprint density at radius 3 is 2.57 bits per heavy atom. The molecule has 0 unspecified atom stereocenters. The van der Waals surface area contributed by atoms with Crippen molar-refractivity contribution in [1.29, 1.82) is 0 Å². The smallest absolute Gasteiger partial charge is 0.311 e. The average Bonchev–Trinajstić information content (AvgIpc) is 2.17. The molecule has 0 aromatic heterocycles. The third-order valence-electron chi connectivity index (χ3n) is 1.69. The number of hydrogen-bond donors (Lipinski definition) is 2. The lowest BCUT2D eigenvalue weighted by molar-refractivity contribution is -0.386. The van der Waals surface area contributed by atoms with Gasteiger partial charge in [0.2, 0.25) is 0 Å². The molecule has 2 N–H and O–H groups in total. The molecular weight excluding hydrogens is 190 g/mol. The van der Waals surface area contributed by atoms with Gasteiger partial charge in [-0.1, -0.05) is 0 Å². The lowest BCUT2D eigenvalue weighted by atomic mass is 10.1. The number of carbonyl (C=O) groups is 1. The first-order valence-corrected chi connectivity index (χ1v) is 3.66. The molecule has 74 valence electrons. The fraction of sp³-hybridized carbons (Fsp3) is 0.125. The summed E-state index contributed by atoms with van der Waals surface area (Å²) in [4.78, 5) is 20.0. The van der Waals surface area contributed by atoms with Gasteiger partial charge in [0.05, 0.1) is 11.5 Å². The molecule has 14 heavy (non-hydrogen) atoms. The summed E-state index contributed by atoms with van der Waals surface area (Å²) in [7, 11) is 0. The van der Waals surface area contributed by atoms with Crippen LogP contribution in [-0.2, 0) is 6.61 Å². The summed E-state index contributed by atoms with van der Waals surface area (Å²) in [6.07, 6.45) is 0.408. The van der Waals surface area contributed by atoms with Crippen molar-refractivity contribution in [3.63, 3.8) is 0 Å². The molecule has 0 aliphatic heterocycles. The zero-order valence-corrected chi connectivity index (χ0v) is 7.01. The van der Waals surface area contributed by atoms with E-state index in [0.29, 0.717) is 6.29 Å². The van der Waals surface area contributed by atoms with E-state index in [1.165, 1.54) is 6.07 Å². The summed E-state index contributed by atoms with van der Waals surface area (Å²) in [5.41, 5.74) is -0.585. The first-order valence-electron chi connectivity index (χ1n) is 3.66. The molecule has 0 radical (unpaired) electrons. The molecule has 0 spiro atoms. The number of aliphatic hydroxyl groups is 1. The lowest BCUT2D eigenvalue weighted by Gasteiger charge is -2.02. The fourth-order valence-electron chi connectivity index (χ4n) is 1.03. The zero-order chi connectivity index (χ0) is 10.7. The Kier molecular flexibility index (Phi) is 2.78. The van der Waals surface area contributed by atoms with Gasteiger partial charge in [-0.25, -0.2) is 0 Å². The van der Waals surface area contributed by atoms with Gasteiger partial charge in [-0.3, -0.25) is 14.9 Å². The van der Waals surface area contributed by atoms with Crippen molar-refractivity contribution in [3.05, 3.63) is 33.4 Å². The van der Waals surface area contributed by atoms with E-state index in [2.05, 4.69) is 0 Å². The third kappa shape index (κ3) is 1.69. The van der Waals surface area contributed by atoms with Crippen LogP contribution < -0.4 is 0 Å². The number of aldehydes is 1. The van der Waals surface area contributed by atoms with Gasteiger partial charge in [0.1, 0.15) is 6.29 Å². The van der Waals surface area contributed by atoms with Crippen LogP contribution in [0.4, 0.5) is 5.69 Å². The quantitative estimate of drug-likeness (QED) is 0.420. The molecule has 0 heterocycles. The van der Waals surface area contributed by atoms with E-state index in [9.17, 15) is 20.0 Å². The van der Waals surface area contributed by atoms with Gasteiger partial charge in [0, 0.05) is 17.2 Å². The molecular formula is C8H7NO5. The predicted molar refractivity (Wildman–Crippen MR) is 46.1 cm³/mol. The number of carbonyl (C=O) groups excluding carboxylic acids is 1. The molecule has 0 bridgehead atoms. The largest absolute Gasteiger partial charge is 0.502 e. The standard InChI is InChI=1S/C8H7NO5/c10-3-5-1-6(4-11)8(12)7(2-5)9(13)14/h1-3,11-12H,4H2. The van der Waals surface area contributed by atoms with Crippen molar-refractivity contribution in [2.45, 2.75) is 6.61 Å². The Hall–Kier alpha value is -1.95. The highest BCUT2D eigenvalue weighted by Gasteiger charge is 2.18. The van der Waals surface area contributed by atoms with Crippen molar-refractivity contribution in [2.75, 3.05) is 0 Å². The molecule has 1 aromatic rings. The van der Waals surface area contributed by atoms with Crippen LogP contribution in [0.3, 0.4) is 0 Å². The predicted octanol–water partition coefficient (Wildman–Crippen LogP) is 0.605. The Labute approximate surface area is 78.6 Å². The molecule has 6 heteroatoms. The normalized spacial score (nSPS) is 9.79. The number of nitrogens with zero attached hydrogens (tertiary/aromatic N) is 1. The van der Waals surface area contributed by atoms with E-state index in [1.54, 1.807) is 0 Å². The zero-order valence-electron chi connectivity index (χ0n) is 7.01. The number of nitro benzene ring substituents is 1. The van der Waals surface area contributed by atoms with Crippen LogP contribution in [0, 0.1) is 10.1 Å². The summed E-state index contributed by atoms with van der Waals surface area (Å²) in [6, 6.07) is 2.14. The maximum absolute atomic E-state index is 10.4. The molecule has 1 aromatic carbocycles. The van der Waals surface area contributed by atoms with Crippen LogP contribution >= 0.6 is 0 Å². The van der Waals surface area contributed by atoms with Gasteiger partial charge in [-0.2, -0.15) is 0 Å². The molecule has 0 saturated carbocycles. The number of benzene rings is 1. The van der Waals surface area contributed by atoms with Crippen LogP contribution in [0.5, 0.6) is 5.75 Å². The second kappa shape index (κ2) is 3.84. The van der Waals surface area contributed by atoms with Gasteiger partial charge < -0.3 is 10.2 Å². The molecule has 0 saturated heterocycles. The van der Waals surface area contributed by atoms with Crippen molar-refractivity contribution < 1.29 is 19.9 Å². The number of phenols is 1. The molecule has 0 fully saturated rings. The Balaban J connectivity index is 3.41. The van der Waals surface area contributed by atoms with E-state index in [0.717, 1.165) is 6.07 Å². The summed E-state index contributed by atoms with van der Waals surface area (Å²) in [5, 5.41) is 28.4. The van der Waals surface area contributed by atoms with Crippen LogP contribution in [0.1, 0.15) is 15.9 Å². The SMILES string of the molecule is O=Cc1cc(CO)c(O)c([N+](=O)[O-])c1. The Morgan fingerprint density at radius 2 is 2.14 bits per heavy atom. The van der Waals surface area contributed by atoms with Crippen LogP contribution in [-0.4, -0.2) is 21.4 Å². The molecule has 0 atom stereocenters. The van der Waals surface area contributed by atoms with Crippen molar-refractivity contribution in [1.82, 2.24) is 0 Å². The van der Waals surface area contributed by atoms with Crippen LogP contribution in [0.15, 0.2) is 12.1 Å². The van der Waals surface area contributed by atoms with Gasteiger partial charge in [0.25, 0.3) is 0 Å². The maximum Gasteiger partial charge on any atom is 0.311 e. The second-order valence-corrected chi connectivity index (χ2v) is 2.58. The Morgan fingerprint density at radius 1 is 1.50 bits per heavy atom. The van der Waals surface area contributed by atoms with E-state index < -0.39 is 23.0 Å². The van der Waals surface area contributed by atoms with Gasteiger partial charge in [0.15, 0.2) is 5.75 Å². The highest BCUT2D eigenvalue weighted by Crippen LogP contribution is 2.30. The number of nitro groups is 1. The molecule has 0 aliphatic rings. The van der Waals surface area contributed by atoms with Gasteiger partial charge in [-0.15, -0.1) is 0 Å². The van der Waals surface area contributed by atoms with Gasteiger partial charge in [-0.05, 0) is 6.07 Å². The highest BCUT2D eigenvalue weighted by molar-refractivity contribution is 5.78. The van der Waals surface area contributed by atoms with E-state index in [1.807, 2.05) is 0 Å². The monoisotopic (exact) mass is 197 g/mol. The minimum Gasteiger partial charge on any atom is -0.502 e. The molecule has 1 rings (SSSR count). The Bertz CT molecular complexity index is 388. The topological polar surface area (TPSA) is 101 Å². The maximum atomic E-state index is 10.4. The van der Waals surface area contributed by atoms with Crippen molar-refractivity contribution >= 4 is 12.0 Å². The molecule has 6 nitrogen and oxygen atoms in total. The first-order chi connectivity index (χ1) is 6.60. The minimum absolute atomic E-state index is 0.0403. The summed E-state index contributed by atoms with van der Waals surface area (Å²) in [6.45, 7) is -0.561. The number of rotatable bonds is 3. The molecule has 0 amide bonds. The van der Waals surface area contributed by atoms with E-state index in [-0.39, 0.29) is 11.1 Å². The molecule has 0 aliphatic carbocycles. The lowest BCUT2D eigenvalue weighted by Crippen LogP contribution is -1.95. The average molecular weight is 197 g/mol. The third-order valence-corrected chi connectivity index (χ3v) is 1.69. The van der Waals surface area contributed by atoms with Crippen LogP contribution in [0.25, 0.3) is 0 Å². The van der Waals surface area contributed by atoms with E-state index >= 15 is 0 Å². The second-order valence-electron chi connectivity index (χ2n) is 2.58. The minimum atomic E-state index is -0.818. The highest BCUT2D eigenvalue weighted by atomic mass is 16.6. The number of aromatic hydroxyl groups is 1. The summed E-state index contributed by atoms with van der Waals surface area (Å²) in [5.74, 6) is -0.608. The fourth-order valence-corrected chi connectivity index (χ4v) is 1.03. The first kappa shape index (κ1) is 10.1. The van der Waals surface area contributed by atoms with Crippen molar-refractivity contribution in [2.24, 2.45) is 0 Å². The number of aliphatic hydroxyl groups excluding tert-OH is 1. The number of hydrogen-bond acceptors (Lipinski definition) is 5. The van der Waals surface area contributed by atoms with Crippen molar-refractivity contribution in [3.8, 4) is 5.75 Å².